The highest BCUT2D eigenvalue weighted by Crippen LogP contribution is 2.29. The van der Waals surface area contributed by atoms with E-state index in [4.69, 9.17) is 5.26 Å². The third-order valence-electron chi connectivity index (χ3n) is 2.69. The first-order valence-corrected chi connectivity index (χ1v) is 7.06. The fourth-order valence-electron chi connectivity index (χ4n) is 1.82. The zero-order chi connectivity index (χ0) is 13.8. The van der Waals surface area contributed by atoms with Crippen LogP contribution in [0, 0.1) is 25.2 Å². The molecule has 0 aliphatic heterocycles. The first-order valence-electron chi connectivity index (χ1n) is 6.25. The smallest absolute Gasteiger partial charge is 0.144 e. The molecule has 2 rings (SSSR count). The lowest BCUT2D eigenvalue weighted by Crippen LogP contribution is -2.04. The fraction of sp³-hybridized carbons (Fsp3) is 0.357. The van der Waals surface area contributed by atoms with Crippen molar-refractivity contribution in [2.45, 2.75) is 27.2 Å². The van der Waals surface area contributed by atoms with E-state index >= 15 is 0 Å². The minimum absolute atomic E-state index is 0.580. The van der Waals surface area contributed by atoms with Crippen molar-refractivity contribution >= 4 is 17.2 Å². The van der Waals surface area contributed by atoms with Crippen LogP contribution in [0.2, 0.25) is 0 Å². The van der Waals surface area contributed by atoms with Crippen LogP contribution in [-0.2, 0) is 0 Å². The maximum atomic E-state index is 9.10. The van der Waals surface area contributed by atoms with Crippen LogP contribution >= 0.6 is 11.3 Å². The molecule has 19 heavy (non-hydrogen) atoms. The predicted molar refractivity (Wildman–Crippen MR) is 78.3 cm³/mol. The Morgan fingerprint density at radius 3 is 2.68 bits per heavy atom. The van der Waals surface area contributed by atoms with E-state index in [0.29, 0.717) is 11.4 Å². The van der Waals surface area contributed by atoms with Gasteiger partial charge >= 0.3 is 0 Å². The lowest BCUT2D eigenvalue weighted by atomic mass is 10.2. The van der Waals surface area contributed by atoms with Crippen molar-refractivity contribution in [1.82, 2.24) is 9.97 Å². The van der Waals surface area contributed by atoms with Crippen LogP contribution < -0.4 is 5.32 Å². The highest BCUT2D eigenvalue weighted by molar-refractivity contribution is 7.15. The summed E-state index contributed by atoms with van der Waals surface area (Å²) >= 11 is 1.63. The van der Waals surface area contributed by atoms with Crippen molar-refractivity contribution in [2.75, 3.05) is 11.9 Å². The molecule has 0 aliphatic rings. The normalized spacial score (nSPS) is 10.2. The summed E-state index contributed by atoms with van der Waals surface area (Å²) < 4.78 is 0. The number of hydrogen-bond donors (Lipinski definition) is 1. The van der Waals surface area contributed by atoms with E-state index in [1.54, 1.807) is 11.3 Å². The van der Waals surface area contributed by atoms with E-state index in [1.165, 1.54) is 0 Å². The molecular formula is C14H16N4S. The van der Waals surface area contributed by atoms with E-state index < -0.39 is 0 Å². The molecule has 4 nitrogen and oxygen atoms in total. The molecule has 1 N–H and O–H groups in total. The second-order valence-electron chi connectivity index (χ2n) is 4.28. The molecule has 0 radical (unpaired) electrons. The lowest BCUT2D eigenvalue weighted by molar-refractivity contribution is 0.968. The topological polar surface area (TPSA) is 61.6 Å². The summed E-state index contributed by atoms with van der Waals surface area (Å²) in [5.41, 5.74) is 2.44. The third-order valence-corrected chi connectivity index (χ3v) is 3.79. The number of nitrogens with zero attached hydrogens (tertiary/aromatic N) is 3. The summed E-state index contributed by atoms with van der Waals surface area (Å²) in [4.78, 5) is 10.0. The summed E-state index contributed by atoms with van der Waals surface area (Å²) in [6.45, 7) is 6.87. The largest absolute Gasteiger partial charge is 0.369 e. The first kappa shape index (κ1) is 13.5. The Morgan fingerprint density at radius 2 is 2.11 bits per heavy atom. The maximum absolute atomic E-state index is 9.10. The first-order chi connectivity index (χ1) is 9.15. The molecule has 0 saturated carbocycles. The number of nitrogens with one attached hydrogen (secondary N) is 1. The fourth-order valence-corrected chi connectivity index (χ4v) is 2.71. The van der Waals surface area contributed by atoms with Crippen molar-refractivity contribution in [2.24, 2.45) is 0 Å². The number of aryl methyl sites for hydroxylation is 2. The third kappa shape index (κ3) is 2.91. The molecule has 0 spiro atoms. The molecule has 0 amide bonds. The average Bonchev–Trinajstić information content (AvgIpc) is 2.75. The number of thiazole rings is 1. The van der Waals surface area contributed by atoms with Gasteiger partial charge in [0.05, 0.1) is 26.8 Å². The molecule has 0 atom stereocenters. The number of nitriles is 1. The molecule has 2 aromatic heterocycles. The zero-order valence-corrected chi connectivity index (χ0v) is 12.1. The van der Waals surface area contributed by atoms with E-state index in [-0.39, 0.29) is 0 Å². The monoisotopic (exact) mass is 272 g/mol. The maximum Gasteiger partial charge on any atom is 0.144 e. The van der Waals surface area contributed by atoms with Crippen molar-refractivity contribution < 1.29 is 0 Å². The second kappa shape index (κ2) is 5.81. The number of pyridine rings is 1. The van der Waals surface area contributed by atoms with Crippen molar-refractivity contribution in [1.29, 1.82) is 5.26 Å². The summed E-state index contributed by atoms with van der Waals surface area (Å²) in [6, 6.07) is 5.86. The molecule has 5 heteroatoms. The minimum Gasteiger partial charge on any atom is -0.369 e. The molecule has 0 bridgehead atoms. The van der Waals surface area contributed by atoms with Gasteiger partial charge in [0, 0.05) is 6.54 Å². The van der Waals surface area contributed by atoms with Gasteiger partial charge in [0.25, 0.3) is 0 Å². The van der Waals surface area contributed by atoms with Crippen LogP contribution in [0.3, 0.4) is 0 Å². The van der Waals surface area contributed by atoms with Crippen molar-refractivity contribution in [3.63, 3.8) is 0 Å². The molecule has 0 saturated heterocycles. The quantitative estimate of drug-likeness (QED) is 0.925. The molecule has 2 heterocycles. The number of rotatable bonds is 4. The molecule has 2 aromatic rings. The average molecular weight is 272 g/mol. The highest BCUT2D eigenvalue weighted by Gasteiger charge is 2.11. The van der Waals surface area contributed by atoms with Crippen LogP contribution in [-0.4, -0.2) is 16.5 Å². The Kier molecular flexibility index (Phi) is 4.13. The minimum atomic E-state index is 0.580. The van der Waals surface area contributed by atoms with Gasteiger partial charge in [-0.25, -0.2) is 9.97 Å². The summed E-state index contributed by atoms with van der Waals surface area (Å²) in [6.07, 6.45) is 0.996. The van der Waals surface area contributed by atoms with E-state index in [9.17, 15) is 0 Å². The molecular weight excluding hydrogens is 256 g/mol. The van der Waals surface area contributed by atoms with Crippen LogP contribution in [0.5, 0.6) is 0 Å². The van der Waals surface area contributed by atoms with Crippen molar-refractivity contribution in [3.8, 4) is 16.6 Å². The molecule has 0 fully saturated rings. The van der Waals surface area contributed by atoms with E-state index in [1.807, 2.05) is 26.0 Å². The number of aromatic nitrogens is 2. The van der Waals surface area contributed by atoms with Gasteiger partial charge in [0.15, 0.2) is 0 Å². The van der Waals surface area contributed by atoms with Gasteiger partial charge < -0.3 is 5.32 Å². The van der Waals surface area contributed by atoms with Crippen LogP contribution in [0.15, 0.2) is 12.1 Å². The number of anilines is 1. The molecule has 0 unspecified atom stereocenters. The van der Waals surface area contributed by atoms with Gasteiger partial charge in [0.1, 0.15) is 11.9 Å². The summed E-state index contributed by atoms with van der Waals surface area (Å²) in [5, 5.41) is 13.3. The van der Waals surface area contributed by atoms with Crippen LogP contribution in [0.1, 0.15) is 29.6 Å². The molecule has 98 valence electrons. The summed E-state index contributed by atoms with van der Waals surface area (Å²) in [5.74, 6) is 0.660. The van der Waals surface area contributed by atoms with Gasteiger partial charge in [-0.05, 0) is 32.4 Å². The molecule has 0 aliphatic carbocycles. The van der Waals surface area contributed by atoms with E-state index in [2.05, 4.69) is 28.3 Å². The van der Waals surface area contributed by atoms with Crippen LogP contribution in [0.4, 0.5) is 5.82 Å². The Balaban J connectivity index is 2.43. The number of hydrogen-bond acceptors (Lipinski definition) is 5. The Hall–Kier alpha value is -1.93. The Bertz CT molecular complexity index is 625. The Labute approximate surface area is 117 Å². The molecule has 0 aromatic carbocycles. The van der Waals surface area contributed by atoms with Gasteiger partial charge in [-0.1, -0.05) is 6.92 Å². The van der Waals surface area contributed by atoms with Crippen molar-refractivity contribution in [3.05, 3.63) is 28.4 Å². The Morgan fingerprint density at radius 1 is 1.32 bits per heavy atom. The van der Waals surface area contributed by atoms with Gasteiger partial charge in [0.2, 0.25) is 0 Å². The van der Waals surface area contributed by atoms with Crippen LogP contribution in [0.25, 0.3) is 10.6 Å². The SMILES string of the molecule is CCCNc1nc(-c2sc(C)nc2C)ccc1C#N. The highest BCUT2D eigenvalue weighted by atomic mass is 32.1. The summed E-state index contributed by atoms with van der Waals surface area (Å²) in [7, 11) is 0. The standard InChI is InChI=1S/C14H16N4S/c1-4-7-16-14-11(8-15)5-6-12(18-14)13-9(2)17-10(3)19-13/h5-6H,4,7H2,1-3H3,(H,16,18). The predicted octanol–water partition coefficient (Wildman–Crippen LogP) is 3.52. The van der Waals surface area contributed by atoms with Gasteiger partial charge in [-0.15, -0.1) is 11.3 Å². The van der Waals surface area contributed by atoms with E-state index in [0.717, 1.165) is 34.2 Å². The second-order valence-corrected chi connectivity index (χ2v) is 5.48. The zero-order valence-electron chi connectivity index (χ0n) is 11.3. The lowest BCUT2D eigenvalue weighted by Gasteiger charge is -2.07. The van der Waals surface area contributed by atoms with Gasteiger partial charge in [-0.3, -0.25) is 0 Å². The van der Waals surface area contributed by atoms with Gasteiger partial charge in [-0.2, -0.15) is 5.26 Å².